The van der Waals surface area contributed by atoms with Crippen LogP contribution in [-0.4, -0.2) is 29.8 Å². The number of nitrogens with one attached hydrogen (secondary N) is 2. The first-order chi connectivity index (χ1) is 15.5. The van der Waals surface area contributed by atoms with E-state index < -0.39 is 17.8 Å². The monoisotopic (exact) mass is 435 g/mol. The van der Waals surface area contributed by atoms with Crippen molar-refractivity contribution in [2.45, 2.75) is 32.2 Å². The molecule has 0 bridgehead atoms. The number of hydrogen-bond donors (Lipinski definition) is 2. The molecule has 2 amide bonds. The molecule has 1 fully saturated rings. The average molecular weight is 435 g/mol. The summed E-state index contributed by atoms with van der Waals surface area (Å²) in [6.45, 7) is 3.14. The van der Waals surface area contributed by atoms with E-state index in [4.69, 9.17) is 4.42 Å². The standard InChI is InChI=1S/C25H26FN3O3/c1-17-20(12-15-32-17)24(30)28-22-16-19(10-11-21(22)26)27-23(18-8-4-2-5-9-18)25(31)29-13-6-3-7-14-29/h2,4-5,8-12,15-16,23,27H,3,6-7,13-14H2,1H3,(H,28,30). The van der Waals surface area contributed by atoms with Crippen LogP contribution < -0.4 is 10.6 Å². The Kier molecular flexibility index (Phi) is 6.54. The second-order valence-electron chi connectivity index (χ2n) is 7.91. The van der Waals surface area contributed by atoms with Crippen molar-refractivity contribution < 1.29 is 18.4 Å². The van der Waals surface area contributed by atoms with E-state index in [2.05, 4.69) is 10.6 Å². The first-order valence-corrected chi connectivity index (χ1v) is 10.8. The lowest BCUT2D eigenvalue weighted by Crippen LogP contribution is -2.41. The van der Waals surface area contributed by atoms with Crippen molar-refractivity contribution in [3.63, 3.8) is 0 Å². The van der Waals surface area contributed by atoms with Crippen LogP contribution in [0.3, 0.4) is 0 Å². The lowest BCUT2D eigenvalue weighted by molar-refractivity contribution is -0.133. The number of aryl methyl sites for hydroxylation is 1. The van der Waals surface area contributed by atoms with E-state index in [0.29, 0.717) is 17.0 Å². The quantitative estimate of drug-likeness (QED) is 0.562. The van der Waals surface area contributed by atoms with Gasteiger partial charge in [0.25, 0.3) is 5.91 Å². The average Bonchev–Trinajstić information content (AvgIpc) is 3.26. The number of halogens is 1. The largest absolute Gasteiger partial charge is 0.469 e. The number of carbonyl (C=O) groups is 2. The zero-order valence-corrected chi connectivity index (χ0v) is 17.9. The molecule has 1 aliphatic rings. The molecule has 4 rings (SSSR count). The van der Waals surface area contributed by atoms with Gasteiger partial charge in [0.05, 0.1) is 17.5 Å². The van der Waals surface area contributed by atoms with Gasteiger partial charge in [0.1, 0.15) is 17.6 Å². The highest BCUT2D eigenvalue weighted by molar-refractivity contribution is 6.05. The predicted octanol–water partition coefficient (Wildman–Crippen LogP) is 5.15. The molecule has 0 radical (unpaired) electrons. The molecule has 1 unspecified atom stereocenters. The maximum Gasteiger partial charge on any atom is 0.259 e. The van der Waals surface area contributed by atoms with Gasteiger partial charge in [0.15, 0.2) is 0 Å². The van der Waals surface area contributed by atoms with E-state index in [1.807, 2.05) is 35.2 Å². The molecular formula is C25H26FN3O3. The lowest BCUT2D eigenvalue weighted by atomic mass is 10.0. The molecule has 2 heterocycles. The van der Waals surface area contributed by atoms with Gasteiger partial charge in [0.2, 0.25) is 5.91 Å². The van der Waals surface area contributed by atoms with Crippen LogP contribution in [0, 0.1) is 12.7 Å². The molecule has 166 valence electrons. The third kappa shape index (κ3) is 4.82. The van der Waals surface area contributed by atoms with Crippen molar-refractivity contribution in [2.75, 3.05) is 23.7 Å². The van der Waals surface area contributed by atoms with Gasteiger partial charge in [-0.3, -0.25) is 9.59 Å². The van der Waals surface area contributed by atoms with Crippen LogP contribution in [0.25, 0.3) is 0 Å². The summed E-state index contributed by atoms with van der Waals surface area (Å²) in [6.07, 6.45) is 4.53. The minimum atomic E-state index is -0.612. The molecule has 32 heavy (non-hydrogen) atoms. The number of hydrogen-bond acceptors (Lipinski definition) is 4. The Morgan fingerprint density at radius 2 is 1.78 bits per heavy atom. The SMILES string of the molecule is Cc1occc1C(=O)Nc1cc(NC(C(=O)N2CCCCC2)c2ccccc2)ccc1F. The highest BCUT2D eigenvalue weighted by atomic mass is 19.1. The summed E-state index contributed by atoms with van der Waals surface area (Å²) in [6, 6.07) is 14.7. The third-order valence-electron chi connectivity index (χ3n) is 5.68. The molecule has 0 aliphatic carbocycles. The van der Waals surface area contributed by atoms with Crippen molar-refractivity contribution in [3.8, 4) is 0 Å². The van der Waals surface area contributed by atoms with Gasteiger partial charge in [-0.15, -0.1) is 0 Å². The Morgan fingerprint density at radius 3 is 2.47 bits per heavy atom. The topological polar surface area (TPSA) is 74.6 Å². The Labute approximate surface area is 186 Å². The number of anilines is 2. The Balaban J connectivity index is 1.58. The first-order valence-electron chi connectivity index (χ1n) is 10.8. The zero-order chi connectivity index (χ0) is 22.5. The molecular weight excluding hydrogens is 409 g/mol. The van der Waals surface area contributed by atoms with Gasteiger partial charge in [0, 0.05) is 18.8 Å². The molecule has 7 heteroatoms. The van der Waals surface area contributed by atoms with Crippen LogP contribution in [-0.2, 0) is 4.79 Å². The van der Waals surface area contributed by atoms with Crippen LogP contribution in [0.5, 0.6) is 0 Å². The fourth-order valence-electron chi connectivity index (χ4n) is 3.92. The third-order valence-corrected chi connectivity index (χ3v) is 5.68. The summed E-state index contributed by atoms with van der Waals surface area (Å²) in [5.41, 5.74) is 1.72. The number of likely N-dealkylation sites (tertiary alicyclic amines) is 1. The second kappa shape index (κ2) is 9.68. The van der Waals surface area contributed by atoms with E-state index in [1.165, 1.54) is 24.5 Å². The second-order valence-corrected chi connectivity index (χ2v) is 7.91. The molecule has 0 spiro atoms. The minimum Gasteiger partial charge on any atom is -0.469 e. The Bertz CT molecular complexity index is 1090. The molecule has 1 aliphatic heterocycles. The summed E-state index contributed by atoms with van der Waals surface area (Å²) < 4.78 is 19.6. The maximum absolute atomic E-state index is 14.4. The predicted molar refractivity (Wildman–Crippen MR) is 121 cm³/mol. The number of carbonyl (C=O) groups excluding carboxylic acids is 2. The van der Waals surface area contributed by atoms with Crippen LogP contribution in [0.15, 0.2) is 65.3 Å². The van der Waals surface area contributed by atoms with Crippen molar-refractivity contribution in [2.24, 2.45) is 0 Å². The summed E-state index contributed by atoms with van der Waals surface area (Å²) in [4.78, 5) is 27.7. The molecule has 1 saturated heterocycles. The van der Waals surface area contributed by atoms with Gasteiger partial charge in [-0.1, -0.05) is 30.3 Å². The van der Waals surface area contributed by atoms with E-state index in [1.54, 1.807) is 13.0 Å². The summed E-state index contributed by atoms with van der Waals surface area (Å²) in [5, 5.41) is 5.84. The van der Waals surface area contributed by atoms with Crippen LogP contribution in [0.1, 0.15) is 47.0 Å². The van der Waals surface area contributed by atoms with Crippen LogP contribution in [0.2, 0.25) is 0 Å². The van der Waals surface area contributed by atoms with Gasteiger partial charge in [-0.05, 0) is 56.0 Å². The minimum absolute atomic E-state index is 0.0140. The van der Waals surface area contributed by atoms with Crippen molar-refractivity contribution >= 4 is 23.2 Å². The highest BCUT2D eigenvalue weighted by Gasteiger charge is 2.27. The van der Waals surface area contributed by atoms with Crippen molar-refractivity contribution in [1.29, 1.82) is 0 Å². The number of benzene rings is 2. The molecule has 6 nitrogen and oxygen atoms in total. The highest BCUT2D eigenvalue weighted by Crippen LogP contribution is 2.27. The lowest BCUT2D eigenvalue weighted by Gasteiger charge is -2.31. The number of nitrogens with zero attached hydrogens (tertiary/aromatic N) is 1. The zero-order valence-electron chi connectivity index (χ0n) is 17.9. The molecule has 1 atom stereocenters. The van der Waals surface area contributed by atoms with E-state index in [9.17, 15) is 14.0 Å². The Morgan fingerprint density at radius 1 is 1.03 bits per heavy atom. The molecule has 2 N–H and O–H groups in total. The van der Waals surface area contributed by atoms with Crippen LogP contribution in [0.4, 0.5) is 15.8 Å². The maximum atomic E-state index is 14.4. The van der Waals surface area contributed by atoms with Crippen LogP contribution >= 0.6 is 0 Å². The summed E-state index contributed by atoms with van der Waals surface area (Å²) in [5.74, 6) is -0.590. The van der Waals surface area contributed by atoms with E-state index in [-0.39, 0.29) is 11.6 Å². The van der Waals surface area contributed by atoms with Gasteiger partial charge in [-0.2, -0.15) is 0 Å². The van der Waals surface area contributed by atoms with Gasteiger partial charge >= 0.3 is 0 Å². The first kappa shape index (κ1) is 21.6. The summed E-state index contributed by atoms with van der Waals surface area (Å²) in [7, 11) is 0. The Hall–Kier alpha value is -3.61. The van der Waals surface area contributed by atoms with Gasteiger partial charge in [-0.25, -0.2) is 4.39 Å². The van der Waals surface area contributed by atoms with Crippen molar-refractivity contribution in [1.82, 2.24) is 4.90 Å². The fourth-order valence-corrected chi connectivity index (χ4v) is 3.92. The van der Waals surface area contributed by atoms with E-state index >= 15 is 0 Å². The summed E-state index contributed by atoms with van der Waals surface area (Å²) >= 11 is 0. The van der Waals surface area contributed by atoms with Gasteiger partial charge < -0.3 is 20.0 Å². The number of rotatable bonds is 6. The molecule has 3 aromatic rings. The molecule has 0 saturated carbocycles. The molecule has 2 aromatic carbocycles. The number of piperidine rings is 1. The number of amides is 2. The smallest absolute Gasteiger partial charge is 0.259 e. The van der Waals surface area contributed by atoms with Crippen molar-refractivity contribution in [3.05, 3.63) is 83.6 Å². The van der Waals surface area contributed by atoms with E-state index in [0.717, 1.165) is 37.9 Å². The fraction of sp³-hybridized carbons (Fsp3) is 0.280. The number of furan rings is 1. The normalized spacial score (nSPS) is 14.6. The molecule has 1 aromatic heterocycles.